The smallest absolute Gasteiger partial charge is 0.313 e. The van der Waals surface area contributed by atoms with Crippen LogP contribution in [-0.4, -0.2) is 31.6 Å². The molecule has 0 aliphatic heterocycles. The van der Waals surface area contributed by atoms with Gasteiger partial charge in [-0.3, -0.25) is 4.79 Å². The molecule has 0 saturated carbocycles. The topological polar surface area (TPSA) is 68.0 Å². The van der Waals surface area contributed by atoms with Crippen molar-refractivity contribution < 1.29 is 9.90 Å². The summed E-state index contributed by atoms with van der Waals surface area (Å²) in [7, 11) is 1.84. The Balaban J connectivity index is 2.31. The molecule has 1 aromatic heterocycles. The standard InChI is InChI=1S/C11H10IN3O2S/c1-15-10(7-4-2-3-5-8(7)12)13-14-11(15)18-6-9(16)17/h2-5H,6H2,1H3,(H,16,17). The van der Waals surface area contributed by atoms with Gasteiger partial charge in [0.2, 0.25) is 0 Å². The van der Waals surface area contributed by atoms with Crippen molar-refractivity contribution in [2.75, 3.05) is 5.75 Å². The van der Waals surface area contributed by atoms with Crippen LogP contribution in [-0.2, 0) is 11.8 Å². The number of carboxylic acids is 1. The number of thioether (sulfide) groups is 1. The van der Waals surface area contributed by atoms with E-state index < -0.39 is 5.97 Å². The van der Waals surface area contributed by atoms with Crippen LogP contribution >= 0.6 is 34.4 Å². The van der Waals surface area contributed by atoms with Crippen LogP contribution < -0.4 is 0 Å². The minimum Gasteiger partial charge on any atom is -0.481 e. The predicted octanol–water partition coefficient (Wildman–Crippen LogP) is 2.26. The second-order valence-corrected chi connectivity index (χ2v) is 5.63. The van der Waals surface area contributed by atoms with E-state index in [-0.39, 0.29) is 5.75 Å². The average molecular weight is 375 g/mol. The minimum atomic E-state index is -0.862. The number of carbonyl (C=O) groups is 1. The van der Waals surface area contributed by atoms with E-state index in [1.165, 1.54) is 0 Å². The molecule has 0 atom stereocenters. The first-order chi connectivity index (χ1) is 8.59. The van der Waals surface area contributed by atoms with Crippen LogP contribution in [0.4, 0.5) is 0 Å². The van der Waals surface area contributed by atoms with E-state index in [4.69, 9.17) is 5.11 Å². The molecule has 1 heterocycles. The SMILES string of the molecule is Cn1c(SCC(=O)O)nnc1-c1ccccc1I. The van der Waals surface area contributed by atoms with E-state index in [9.17, 15) is 4.79 Å². The summed E-state index contributed by atoms with van der Waals surface area (Å²) in [5.74, 6) is -0.135. The Bertz CT molecular complexity index is 585. The van der Waals surface area contributed by atoms with E-state index in [1.807, 2.05) is 35.9 Å². The second kappa shape index (κ2) is 5.70. The molecule has 1 N–H and O–H groups in total. The number of hydrogen-bond donors (Lipinski definition) is 1. The van der Waals surface area contributed by atoms with Gasteiger partial charge in [-0.15, -0.1) is 10.2 Å². The van der Waals surface area contributed by atoms with Crippen molar-refractivity contribution in [3.05, 3.63) is 27.8 Å². The Morgan fingerprint density at radius 1 is 1.44 bits per heavy atom. The van der Waals surface area contributed by atoms with Crippen LogP contribution in [0.5, 0.6) is 0 Å². The van der Waals surface area contributed by atoms with Crippen LogP contribution in [0.15, 0.2) is 29.4 Å². The number of halogens is 1. The molecule has 0 amide bonds. The highest BCUT2D eigenvalue weighted by atomic mass is 127. The molecule has 0 unspecified atom stereocenters. The second-order valence-electron chi connectivity index (χ2n) is 3.53. The summed E-state index contributed by atoms with van der Waals surface area (Å²) < 4.78 is 2.89. The number of hydrogen-bond acceptors (Lipinski definition) is 4. The largest absolute Gasteiger partial charge is 0.481 e. The summed E-state index contributed by atoms with van der Waals surface area (Å²) in [5, 5.41) is 17.4. The monoisotopic (exact) mass is 375 g/mol. The molecule has 0 saturated heterocycles. The van der Waals surface area contributed by atoms with Gasteiger partial charge in [-0.1, -0.05) is 30.0 Å². The number of benzene rings is 1. The summed E-state index contributed by atoms with van der Waals surface area (Å²) in [6.07, 6.45) is 0. The summed E-state index contributed by atoms with van der Waals surface area (Å²) in [4.78, 5) is 10.5. The van der Waals surface area contributed by atoms with Gasteiger partial charge in [-0.2, -0.15) is 0 Å². The van der Waals surface area contributed by atoms with Gasteiger partial charge in [0.25, 0.3) is 0 Å². The third-order valence-electron chi connectivity index (χ3n) is 2.27. The molecular weight excluding hydrogens is 365 g/mol. The molecule has 7 heteroatoms. The molecular formula is C11H10IN3O2S. The molecule has 1 aromatic carbocycles. The van der Waals surface area contributed by atoms with Crippen LogP contribution in [0.3, 0.4) is 0 Å². The number of nitrogens with zero attached hydrogens (tertiary/aromatic N) is 3. The molecule has 0 radical (unpaired) electrons. The van der Waals surface area contributed by atoms with Crippen molar-refractivity contribution in [3.8, 4) is 11.4 Å². The highest BCUT2D eigenvalue weighted by molar-refractivity contribution is 14.1. The van der Waals surface area contributed by atoms with E-state index in [0.717, 1.165) is 26.7 Å². The number of carboxylic acid groups (broad SMARTS) is 1. The Labute approximate surface area is 122 Å². The zero-order valence-electron chi connectivity index (χ0n) is 9.50. The molecule has 18 heavy (non-hydrogen) atoms. The summed E-state index contributed by atoms with van der Waals surface area (Å²) in [5.41, 5.74) is 0.996. The molecule has 94 valence electrons. The van der Waals surface area contributed by atoms with Crippen molar-refractivity contribution in [2.45, 2.75) is 5.16 Å². The Kier molecular flexibility index (Phi) is 4.23. The van der Waals surface area contributed by atoms with Crippen LogP contribution in [0.1, 0.15) is 0 Å². The number of rotatable bonds is 4. The lowest BCUT2D eigenvalue weighted by atomic mass is 10.2. The first-order valence-corrected chi connectivity index (χ1v) is 7.15. The zero-order chi connectivity index (χ0) is 13.1. The normalized spacial score (nSPS) is 10.6. The third-order valence-corrected chi connectivity index (χ3v) is 4.22. The first kappa shape index (κ1) is 13.3. The van der Waals surface area contributed by atoms with Crippen LogP contribution in [0.2, 0.25) is 0 Å². The van der Waals surface area contributed by atoms with Crippen LogP contribution in [0, 0.1) is 3.57 Å². The quantitative estimate of drug-likeness (QED) is 0.656. The molecule has 0 fully saturated rings. The van der Waals surface area contributed by atoms with Gasteiger partial charge in [-0.05, 0) is 28.7 Å². The fraction of sp³-hybridized carbons (Fsp3) is 0.182. The molecule has 0 aliphatic carbocycles. The van der Waals surface area contributed by atoms with E-state index in [1.54, 1.807) is 0 Å². The van der Waals surface area contributed by atoms with Gasteiger partial charge in [0.05, 0.1) is 5.75 Å². The lowest BCUT2D eigenvalue weighted by Crippen LogP contribution is -2.01. The maximum Gasteiger partial charge on any atom is 0.313 e. The lowest BCUT2D eigenvalue weighted by molar-refractivity contribution is -0.133. The molecule has 0 aliphatic rings. The fourth-order valence-electron chi connectivity index (χ4n) is 1.44. The van der Waals surface area contributed by atoms with Gasteiger partial charge in [0.15, 0.2) is 11.0 Å². The Hall–Kier alpha value is -1.09. The minimum absolute atomic E-state index is 0.0160. The fourth-order valence-corrected chi connectivity index (χ4v) is 2.70. The van der Waals surface area contributed by atoms with Crippen LogP contribution in [0.25, 0.3) is 11.4 Å². The maximum atomic E-state index is 10.5. The van der Waals surface area contributed by atoms with Gasteiger partial charge in [0, 0.05) is 16.2 Å². The van der Waals surface area contributed by atoms with E-state index in [0.29, 0.717) is 5.16 Å². The van der Waals surface area contributed by atoms with Gasteiger partial charge >= 0.3 is 5.97 Å². The summed E-state index contributed by atoms with van der Waals surface area (Å²) >= 11 is 3.40. The van der Waals surface area contributed by atoms with Crippen molar-refractivity contribution in [3.63, 3.8) is 0 Å². The molecule has 0 spiro atoms. The number of aromatic nitrogens is 3. The van der Waals surface area contributed by atoms with E-state index >= 15 is 0 Å². The molecule has 2 rings (SSSR count). The van der Waals surface area contributed by atoms with E-state index in [2.05, 4.69) is 32.8 Å². The average Bonchev–Trinajstić information content (AvgIpc) is 2.69. The Morgan fingerprint density at radius 2 is 2.17 bits per heavy atom. The maximum absolute atomic E-state index is 10.5. The molecule has 0 bridgehead atoms. The first-order valence-electron chi connectivity index (χ1n) is 5.08. The lowest BCUT2D eigenvalue weighted by Gasteiger charge is -2.04. The molecule has 5 nitrogen and oxygen atoms in total. The Morgan fingerprint density at radius 3 is 2.83 bits per heavy atom. The highest BCUT2D eigenvalue weighted by Gasteiger charge is 2.13. The van der Waals surface area contributed by atoms with Crippen molar-refractivity contribution in [1.29, 1.82) is 0 Å². The van der Waals surface area contributed by atoms with Gasteiger partial charge in [0.1, 0.15) is 0 Å². The number of aliphatic carboxylic acids is 1. The van der Waals surface area contributed by atoms with Gasteiger partial charge < -0.3 is 9.67 Å². The van der Waals surface area contributed by atoms with Crippen molar-refractivity contribution in [2.24, 2.45) is 7.05 Å². The van der Waals surface area contributed by atoms with Crippen molar-refractivity contribution in [1.82, 2.24) is 14.8 Å². The van der Waals surface area contributed by atoms with Crippen molar-refractivity contribution >= 4 is 40.3 Å². The third kappa shape index (κ3) is 2.83. The predicted molar refractivity (Wildman–Crippen MR) is 77.5 cm³/mol. The summed E-state index contributed by atoms with van der Waals surface area (Å²) in [6, 6.07) is 7.87. The van der Waals surface area contributed by atoms with Gasteiger partial charge in [-0.25, -0.2) is 0 Å². The summed E-state index contributed by atoms with van der Waals surface area (Å²) in [6.45, 7) is 0. The zero-order valence-corrected chi connectivity index (χ0v) is 12.5. The highest BCUT2D eigenvalue weighted by Crippen LogP contribution is 2.26. The molecule has 2 aromatic rings.